The van der Waals surface area contributed by atoms with Crippen molar-refractivity contribution >= 4 is 27.7 Å². The number of hydrogen-bond donors (Lipinski definition) is 2. The van der Waals surface area contributed by atoms with E-state index in [-0.39, 0.29) is 6.04 Å². The average Bonchev–Trinajstić information content (AvgIpc) is 2.63. The molecule has 0 aliphatic rings. The molecular formula is C11H13BrN4S. The van der Waals surface area contributed by atoms with Crippen LogP contribution in [0, 0.1) is 6.92 Å². The number of rotatable bonds is 3. The number of nitrogens with one attached hydrogen (secondary N) is 1. The van der Waals surface area contributed by atoms with Crippen molar-refractivity contribution in [2.45, 2.75) is 29.9 Å². The number of halogens is 1. The molecule has 0 fully saturated rings. The van der Waals surface area contributed by atoms with Gasteiger partial charge in [0.05, 0.1) is 0 Å². The van der Waals surface area contributed by atoms with Crippen LogP contribution in [0.1, 0.15) is 24.4 Å². The Labute approximate surface area is 113 Å². The van der Waals surface area contributed by atoms with E-state index in [0.29, 0.717) is 0 Å². The molecule has 3 N–H and O–H groups in total. The van der Waals surface area contributed by atoms with Crippen molar-refractivity contribution in [1.82, 2.24) is 15.2 Å². The van der Waals surface area contributed by atoms with E-state index in [2.05, 4.69) is 31.1 Å². The van der Waals surface area contributed by atoms with Crippen LogP contribution in [0.5, 0.6) is 0 Å². The highest BCUT2D eigenvalue weighted by atomic mass is 79.9. The van der Waals surface area contributed by atoms with Gasteiger partial charge in [0.25, 0.3) is 0 Å². The van der Waals surface area contributed by atoms with Gasteiger partial charge < -0.3 is 5.73 Å². The van der Waals surface area contributed by atoms with Crippen LogP contribution >= 0.6 is 27.7 Å². The van der Waals surface area contributed by atoms with Crippen molar-refractivity contribution in [2.24, 2.45) is 5.73 Å². The molecule has 0 saturated carbocycles. The van der Waals surface area contributed by atoms with Crippen LogP contribution < -0.4 is 5.73 Å². The fourth-order valence-electron chi connectivity index (χ4n) is 1.41. The van der Waals surface area contributed by atoms with E-state index in [1.54, 1.807) is 0 Å². The molecule has 0 unspecified atom stereocenters. The van der Waals surface area contributed by atoms with Crippen LogP contribution in [0.4, 0.5) is 0 Å². The Morgan fingerprint density at radius 1 is 1.47 bits per heavy atom. The fraction of sp³-hybridized carbons (Fsp3) is 0.273. The normalized spacial score (nSPS) is 12.7. The molecule has 1 atom stereocenters. The maximum atomic E-state index is 5.85. The number of aryl methyl sites for hydroxylation is 1. The molecule has 4 nitrogen and oxygen atoms in total. The molecule has 1 aromatic heterocycles. The van der Waals surface area contributed by atoms with Crippen molar-refractivity contribution in [3.05, 3.63) is 34.1 Å². The molecule has 1 aromatic carbocycles. The lowest BCUT2D eigenvalue weighted by molar-refractivity contribution is 0.811. The lowest BCUT2D eigenvalue weighted by Gasteiger charge is -2.09. The lowest BCUT2D eigenvalue weighted by atomic mass is 10.1. The van der Waals surface area contributed by atoms with Crippen LogP contribution in [0.15, 0.2) is 32.7 Å². The Hall–Kier alpha value is -0.850. The second kappa shape index (κ2) is 5.20. The molecule has 0 spiro atoms. The molecule has 1 heterocycles. The predicted molar refractivity (Wildman–Crippen MR) is 72.0 cm³/mol. The highest BCUT2D eigenvalue weighted by Crippen LogP contribution is 2.30. The zero-order valence-corrected chi connectivity index (χ0v) is 12.0. The molecule has 0 amide bonds. The number of benzene rings is 1. The van der Waals surface area contributed by atoms with E-state index < -0.39 is 0 Å². The van der Waals surface area contributed by atoms with Gasteiger partial charge in [-0.25, -0.2) is 4.98 Å². The minimum atomic E-state index is 0.0224. The predicted octanol–water partition coefficient (Wildman–Crippen LogP) is 3.05. The number of hydrogen-bond acceptors (Lipinski definition) is 4. The summed E-state index contributed by atoms with van der Waals surface area (Å²) >= 11 is 5.04. The summed E-state index contributed by atoms with van der Waals surface area (Å²) in [6, 6.07) is 6.11. The highest BCUT2D eigenvalue weighted by molar-refractivity contribution is 9.10. The Bertz CT molecular complexity index is 524. The first kappa shape index (κ1) is 12.6. The van der Waals surface area contributed by atoms with Crippen LogP contribution in [0.3, 0.4) is 0 Å². The van der Waals surface area contributed by atoms with Crippen molar-refractivity contribution in [3.8, 4) is 0 Å². The SMILES string of the molecule is Cc1nc(Sc2ccc([C@@H](C)N)c(Br)c2)n[nH]1. The molecule has 0 aliphatic heterocycles. The summed E-state index contributed by atoms with van der Waals surface area (Å²) in [4.78, 5) is 5.33. The number of nitrogens with two attached hydrogens (primary N) is 1. The maximum absolute atomic E-state index is 5.85. The first-order valence-corrected chi connectivity index (χ1v) is 6.79. The summed E-state index contributed by atoms with van der Waals surface area (Å²) in [5.74, 6) is 0.818. The lowest BCUT2D eigenvalue weighted by Crippen LogP contribution is -2.05. The van der Waals surface area contributed by atoms with Crippen molar-refractivity contribution in [1.29, 1.82) is 0 Å². The molecular weight excluding hydrogens is 300 g/mol. The fourth-order valence-corrected chi connectivity index (χ4v) is 3.10. The van der Waals surface area contributed by atoms with Gasteiger partial charge >= 0.3 is 0 Å². The molecule has 0 bridgehead atoms. The zero-order chi connectivity index (χ0) is 12.4. The van der Waals surface area contributed by atoms with Gasteiger partial charge in [-0.05, 0) is 43.3 Å². The van der Waals surface area contributed by atoms with Gasteiger partial charge in [0.15, 0.2) is 0 Å². The van der Waals surface area contributed by atoms with Gasteiger partial charge in [-0.3, -0.25) is 5.10 Å². The second-order valence-corrected chi connectivity index (χ2v) is 5.67. The molecule has 90 valence electrons. The highest BCUT2D eigenvalue weighted by Gasteiger charge is 2.08. The van der Waals surface area contributed by atoms with E-state index in [0.717, 1.165) is 25.9 Å². The molecule has 2 rings (SSSR count). The van der Waals surface area contributed by atoms with Crippen molar-refractivity contribution in [3.63, 3.8) is 0 Å². The van der Waals surface area contributed by atoms with Crippen LogP contribution in [-0.2, 0) is 0 Å². The van der Waals surface area contributed by atoms with Crippen molar-refractivity contribution < 1.29 is 0 Å². The largest absolute Gasteiger partial charge is 0.324 e. The number of aromatic nitrogens is 3. The second-order valence-electron chi connectivity index (χ2n) is 3.78. The summed E-state index contributed by atoms with van der Waals surface area (Å²) in [7, 11) is 0. The molecule has 0 saturated heterocycles. The monoisotopic (exact) mass is 312 g/mol. The smallest absolute Gasteiger partial charge is 0.213 e. The summed E-state index contributed by atoms with van der Waals surface area (Å²) in [5, 5.41) is 7.63. The minimum Gasteiger partial charge on any atom is -0.324 e. The summed E-state index contributed by atoms with van der Waals surface area (Å²) in [6.07, 6.45) is 0. The molecule has 6 heteroatoms. The Balaban J connectivity index is 2.20. The van der Waals surface area contributed by atoms with Crippen LogP contribution in [0.25, 0.3) is 0 Å². The standard InChI is InChI=1S/C11H13BrN4S/c1-6(13)9-4-3-8(5-10(9)12)17-11-14-7(2)15-16-11/h3-6H,13H2,1-2H3,(H,14,15,16)/t6-/m1/s1. The minimum absolute atomic E-state index is 0.0224. The third kappa shape index (κ3) is 3.08. The quantitative estimate of drug-likeness (QED) is 0.914. The topological polar surface area (TPSA) is 67.6 Å². The van der Waals surface area contributed by atoms with Gasteiger partial charge in [0, 0.05) is 15.4 Å². The van der Waals surface area contributed by atoms with Gasteiger partial charge in [-0.2, -0.15) is 0 Å². The molecule has 2 aromatic rings. The molecule has 0 aliphatic carbocycles. The molecule has 17 heavy (non-hydrogen) atoms. The molecule has 0 radical (unpaired) electrons. The zero-order valence-electron chi connectivity index (χ0n) is 9.57. The first-order chi connectivity index (χ1) is 8.06. The van der Waals surface area contributed by atoms with Crippen molar-refractivity contribution in [2.75, 3.05) is 0 Å². The Morgan fingerprint density at radius 2 is 2.24 bits per heavy atom. The summed E-state index contributed by atoms with van der Waals surface area (Å²) < 4.78 is 1.02. The third-order valence-corrected chi connectivity index (χ3v) is 3.79. The van der Waals surface area contributed by atoms with Crippen LogP contribution in [0.2, 0.25) is 0 Å². The Morgan fingerprint density at radius 3 is 2.76 bits per heavy atom. The van der Waals surface area contributed by atoms with E-state index in [4.69, 9.17) is 5.73 Å². The average molecular weight is 313 g/mol. The number of nitrogens with zero attached hydrogens (tertiary/aromatic N) is 2. The third-order valence-electron chi connectivity index (χ3n) is 2.25. The maximum Gasteiger partial charge on any atom is 0.213 e. The summed E-state index contributed by atoms with van der Waals surface area (Å²) in [6.45, 7) is 3.84. The van der Waals surface area contributed by atoms with E-state index in [1.165, 1.54) is 11.8 Å². The van der Waals surface area contributed by atoms with Gasteiger partial charge in [0.2, 0.25) is 5.16 Å². The van der Waals surface area contributed by atoms with E-state index in [1.807, 2.05) is 32.0 Å². The summed E-state index contributed by atoms with van der Waals surface area (Å²) in [5.41, 5.74) is 6.95. The number of aromatic amines is 1. The Kier molecular flexibility index (Phi) is 3.86. The van der Waals surface area contributed by atoms with E-state index >= 15 is 0 Å². The van der Waals surface area contributed by atoms with Gasteiger partial charge in [-0.1, -0.05) is 22.0 Å². The van der Waals surface area contributed by atoms with E-state index in [9.17, 15) is 0 Å². The van der Waals surface area contributed by atoms with Crippen LogP contribution in [-0.4, -0.2) is 15.2 Å². The van der Waals surface area contributed by atoms with Gasteiger partial charge in [-0.15, -0.1) is 5.10 Å². The van der Waals surface area contributed by atoms with Gasteiger partial charge in [0.1, 0.15) is 5.82 Å². The number of H-pyrrole nitrogens is 1. The first-order valence-electron chi connectivity index (χ1n) is 5.18.